The Labute approximate surface area is 137 Å². The molecule has 0 spiro atoms. The van der Waals surface area contributed by atoms with Gasteiger partial charge >= 0.3 is 5.97 Å². The van der Waals surface area contributed by atoms with Gasteiger partial charge in [-0.15, -0.1) is 0 Å². The molecular formula is C16H20F3N2O3+. The van der Waals surface area contributed by atoms with E-state index in [2.05, 4.69) is 5.32 Å². The van der Waals surface area contributed by atoms with Crippen molar-refractivity contribution in [1.82, 2.24) is 0 Å². The first-order valence-corrected chi connectivity index (χ1v) is 7.86. The highest BCUT2D eigenvalue weighted by Gasteiger charge is 2.29. The third-order valence-corrected chi connectivity index (χ3v) is 4.03. The van der Waals surface area contributed by atoms with Crippen LogP contribution < -0.4 is 10.2 Å². The fourth-order valence-electron chi connectivity index (χ4n) is 2.74. The van der Waals surface area contributed by atoms with Gasteiger partial charge in [0.25, 0.3) is 5.91 Å². The maximum Gasteiger partial charge on any atom is 0.309 e. The second-order valence-corrected chi connectivity index (χ2v) is 5.72. The Morgan fingerprint density at radius 1 is 1.21 bits per heavy atom. The van der Waals surface area contributed by atoms with Gasteiger partial charge in [-0.3, -0.25) is 9.59 Å². The number of piperidine rings is 1. The van der Waals surface area contributed by atoms with Crippen LogP contribution in [0, 0.1) is 23.4 Å². The summed E-state index contributed by atoms with van der Waals surface area (Å²) in [4.78, 5) is 24.5. The van der Waals surface area contributed by atoms with E-state index in [0.717, 1.165) is 17.0 Å². The summed E-state index contributed by atoms with van der Waals surface area (Å²) in [6, 6.07) is 1.74. The van der Waals surface area contributed by atoms with E-state index < -0.39 is 23.4 Å². The molecule has 5 nitrogen and oxygen atoms in total. The second kappa shape index (κ2) is 8.14. The number of benzene rings is 1. The largest absolute Gasteiger partial charge is 0.466 e. The predicted molar refractivity (Wildman–Crippen MR) is 79.9 cm³/mol. The van der Waals surface area contributed by atoms with Crippen LogP contribution in [0.5, 0.6) is 0 Å². The monoisotopic (exact) mass is 345 g/mol. The number of rotatable bonds is 5. The molecule has 132 valence electrons. The first kappa shape index (κ1) is 18.3. The molecule has 1 aromatic carbocycles. The van der Waals surface area contributed by atoms with Gasteiger partial charge in [0.2, 0.25) is 0 Å². The van der Waals surface area contributed by atoms with Crippen molar-refractivity contribution < 1.29 is 32.4 Å². The molecular weight excluding hydrogens is 325 g/mol. The average Bonchev–Trinajstić information content (AvgIpc) is 2.56. The van der Waals surface area contributed by atoms with Crippen LogP contribution in [0.2, 0.25) is 0 Å². The first-order chi connectivity index (χ1) is 11.4. The minimum Gasteiger partial charge on any atom is -0.466 e. The molecule has 0 unspecified atom stereocenters. The first-order valence-electron chi connectivity index (χ1n) is 7.86. The maximum absolute atomic E-state index is 13.5. The normalized spacial score (nSPS) is 20.5. The molecule has 1 aromatic rings. The van der Waals surface area contributed by atoms with Crippen molar-refractivity contribution in [3.05, 3.63) is 29.6 Å². The van der Waals surface area contributed by atoms with E-state index in [-0.39, 0.29) is 24.1 Å². The Morgan fingerprint density at radius 3 is 2.50 bits per heavy atom. The topological polar surface area (TPSA) is 59.8 Å². The lowest BCUT2D eigenvalue weighted by Gasteiger charge is -2.27. The second-order valence-electron chi connectivity index (χ2n) is 5.72. The molecule has 1 fully saturated rings. The Morgan fingerprint density at radius 2 is 1.88 bits per heavy atom. The van der Waals surface area contributed by atoms with Gasteiger partial charge in [-0.05, 0) is 19.1 Å². The SMILES string of the molecule is CCOC(=O)C1CC[NH+](CC(=O)Nc2ccc(F)c(F)c2F)CC1. The number of esters is 1. The number of quaternary nitrogens is 1. The fraction of sp³-hybridized carbons (Fsp3) is 0.500. The van der Waals surface area contributed by atoms with Crippen LogP contribution in [-0.4, -0.2) is 38.1 Å². The molecule has 0 aromatic heterocycles. The van der Waals surface area contributed by atoms with Gasteiger partial charge in [-0.25, -0.2) is 13.2 Å². The maximum atomic E-state index is 13.5. The van der Waals surface area contributed by atoms with Crippen LogP contribution in [0.1, 0.15) is 19.8 Å². The zero-order valence-electron chi connectivity index (χ0n) is 13.3. The summed E-state index contributed by atoms with van der Waals surface area (Å²) in [6.07, 6.45) is 1.22. The number of likely N-dealkylation sites (tertiary alicyclic amines) is 1. The molecule has 2 N–H and O–H groups in total. The van der Waals surface area contributed by atoms with E-state index >= 15 is 0 Å². The number of anilines is 1. The fourth-order valence-corrected chi connectivity index (χ4v) is 2.74. The number of carbonyl (C=O) groups excluding carboxylic acids is 2. The smallest absolute Gasteiger partial charge is 0.309 e. The molecule has 2 rings (SSSR count). The molecule has 0 radical (unpaired) electrons. The lowest BCUT2D eigenvalue weighted by atomic mass is 9.97. The summed E-state index contributed by atoms with van der Waals surface area (Å²) in [7, 11) is 0. The number of ether oxygens (including phenoxy) is 1. The average molecular weight is 345 g/mol. The van der Waals surface area contributed by atoms with Crippen molar-refractivity contribution in [2.75, 3.05) is 31.6 Å². The highest BCUT2D eigenvalue weighted by molar-refractivity contribution is 5.91. The van der Waals surface area contributed by atoms with E-state index in [9.17, 15) is 22.8 Å². The number of halogens is 3. The van der Waals surface area contributed by atoms with Gasteiger partial charge in [-0.1, -0.05) is 0 Å². The van der Waals surface area contributed by atoms with E-state index in [0.29, 0.717) is 32.5 Å². The van der Waals surface area contributed by atoms with E-state index in [4.69, 9.17) is 4.74 Å². The summed E-state index contributed by atoms with van der Waals surface area (Å²) in [5, 5.41) is 2.25. The minimum absolute atomic E-state index is 0.0635. The van der Waals surface area contributed by atoms with Crippen LogP contribution in [0.3, 0.4) is 0 Å². The van der Waals surface area contributed by atoms with Crippen molar-refractivity contribution >= 4 is 17.6 Å². The number of nitrogens with one attached hydrogen (secondary N) is 2. The molecule has 0 saturated carbocycles. The van der Waals surface area contributed by atoms with Crippen LogP contribution in [0.4, 0.5) is 18.9 Å². The summed E-state index contributed by atoms with van der Waals surface area (Å²) in [5.41, 5.74) is -0.389. The number of hydrogen-bond acceptors (Lipinski definition) is 3. The van der Waals surface area contributed by atoms with Crippen molar-refractivity contribution in [3.63, 3.8) is 0 Å². The number of amides is 1. The lowest BCUT2D eigenvalue weighted by Crippen LogP contribution is -3.14. The number of carbonyl (C=O) groups is 2. The van der Waals surface area contributed by atoms with Crippen molar-refractivity contribution in [3.8, 4) is 0 Å². The lowest BCUT2D eigenvalue weighted by molar-refractivity contribution is -0.897. The van der Waals surface area contributed by atoms with E-state index in [1.165, 1.54) is 0 Å². The summed E-state index contributed by atoms with van der Waals surface area (Å²) in [6.45, 7) is 3.37. The Balaban J connectivity index is 1.84. The van der Waals surface area contributed by atoms with Crippen molar-refractivity contribution in [2.45, 2.75) is 19.8 Å². The molecule has 1 saturated heterocycles. The van der Waals surface area contributed by atoms with Gasteiger partial charge in [-0.2, -0.15) is 0 Å². The Bertz CT molecular complexity index is 617. The van der Waals surface area contributed by atoms with Gasteiger partial charge in [0.05, 0.1) is 31.3 Å². The molecule has 0 bridgehead atoms. The molecule has 8 heteroatoms. The van der Waals surface area contributed by atoms with Crippen LogP contribution in [0.25, 0.3) is 0 Å². The van der Waals surface area contributed by atoms with Crippen LogP contribution in [0.15, 0.2) is 12.1 Å². The quantitative estimate of drug-likeness (QED) is 0.616. The van der Waals surface area contributed by atoms with Crippen molar-refractivity contribution in [2.24, 2.45) is 5.92 Å². The Hall–Kier alpha value is -2.09. The molecule has 24 heavy (non-hydrogen) atoms. The summed E-state index contributed by atoms with van der Waals surface area (Å²) < 4.78 is 44.5. The minimum atomic E-state index is -1.62. The summed E-state index contributed by atoms with van der Waals surface area (Å²) >= 11 is 0. The molecule has 1 aliphatic heterocycles. The molecule has 1 aliphatic rings. The predicted octanol–water partition coefficient (Wildman–Crippen LogP) is 0.900. The van der Waals surface area contributed by atoms with Gasteiger partial charge in [0.1, 0.15) is 0 Å². The van der Waals surface area contributed by atoms with E-state index in [1.807, 2.05) is 0 Å². The third-order valence-electron chi connectivity index (χ3n) is 4.03. The zero-order valence-corrected chi connectivity index (χ0v) is 13.3. The van der Waals surface area contributed by atoms with Gasteiger partial charge < -0.3 is 15.0 Å². The van der Waals surface area contributed by atoms with Crippen molar-refractivity contribution in [1.29, 1.82) is 0 Å². The van der Waals surface area contributed by atoms with Gasteiger partial charge in [0, 0.05) is 12.8 Å². The highest BCUT2D eigenvalue weighted by atomic mass is 19.2. The Kier molecular flexibility index (Phi) is 6.19. The molecule has 0 aliphatic carbocycles. The van der Waals surface area contributed by atoms with Gasteiger partial charge in [0.15, 0.2) is 24.0 Å². The van der Waals surface area contributed by atoms with Crippen LogP contribution >= 0.6 is 0 Å². The van der Waals surface area contributed by atoms with E-state index in [1.54, 1.807) is 6.92 Å². The summed E-state index contributed by atoms with van der Waals surface area (Å²) in [5.74, 6) is -5.21. The zero-order chi connectivity index (χ0) is 17.7. The van der Waals surface area contributed by atoms with Crippen LogP contribution in [-0.2, 0) is 14.3 Å². The third kappa shape index (κ3) is 4.47. The molecule has 0 atom stereocenters. The molecule has 1 heterocycles. The molecule has 1 amide bonds. The standard InChI is InChI=1S/C16H19F3N2O3/c1-2-24-16(23)10-5-7-21(8-6-10)9-13(22)20-12-4-3-11(17)14(18)15(12)19/h3-4,10H,2,5-9H2,1H3,(H,20,22)/p+1. The number of hydrogen-bond donors (Lipinski definition) is 2. The highest BCUT2D eigenvalue weighted by Crippen LogP contribution is 2.19.